The van der Waals surface area contributed by atoms with Gasteiger partial charge >= 0.3 is 5.97 Å². The summed E-state index contributed by atoms with van der Waals surface area (Å²) in [5, 5.41) is 7.41. The number of esters is 1. The highest BCUT2D eigenvalue weighted by Crippen LogP contribution is 2.35. The van der Waals surface area contributed by atoms with Gasteiger partial charge in [0.2, 0.25) is 5.95 Å². The predicted molar refractivity (Wildman–Crippen MR) is 98.4 cm³/mol. The Morgan fingerprint density at radius 2 is 1.77 bits per heavy atom. The molecule has 0 spiro atoms. The molecule has 26 heavy (non-hydrogen) atoms. The van der Waals surface area contributed by atoms with Crippen molar-refractivity contribution in [2.24, 2.45) is 0 Å². The Bertz CT molecular complexity index is 975. The van der Waals surface area contributed by atoms with Crippen LogP contribution in [-0.2, 0) is 9.53 Å². The molecule has 1 aliphatic heterocycles. The Labute approximate surface area is 151 Å². The van der Waals surface area contributed by atoms with Crippen LogP contribution in [0.3, 0.4) is 0 Å². The van der Waals surface area contributed by atoms with Crippen LogP contribution in [0.2, 0.25) is 0 Å². The van der Waals surface area contributed by atoms with Crippen molar-refractivity contribution in [1.82, 2.24) is 14.8 Å². The van der Waals surface area contributed by atoms with Crippen LogP contribution in [-0.4, -0.2) is 27.8 Å². The summed E-state index contributed by atoms with van der Waals surface area (Å²) in [6.07, 6.45) is 1.47. The van der Waals surface area contributed by atoms with Crippen LogP contribution in [0, 0.1) is 0 Å². The highest BCUT2D eigenvalue weighted by atomic mass is 16.5. The molecule has 2 heterocycles. The first-order valence-corrected chi connectivity index (χ1v) is 8.30. The number of nitrogens with one attached hydrogen (secondary N) is 1. The number of rotatable bonds is 3. The first-order chi connectivity index (χ1) is 12.7. The van der Waals surface area contributed by atoms with Crippen LogP contribution in [0.4, 0.5) is 5.95 Å². The molecule has 6 nitrogen and oxygen atoms in total. The third-order valence-electron chi connectivity index (χ3n) is 4.53. The molecule has 1 aromatic heterocycles. The second-order valence-corrected chi connectivity index (χ2v) is 6.07. The van der Waals surface area contributed by atoms with Crippen molar-refractivity contribution < 1.29 is 9.53 Å². The molecule has 130 valence electrons. The van der Waals surface area contributed by atoms with Crippen LogP contribution in [0.15, 0.2) is 72.2 Å². The van der Waals surface area contributed by atoms with Gasteiger partial charge in [-0.1, -0.05) is 54.6 Å². The van der Waals surface area contributed by atoms with E-state index in [-0.39, 0.29) is 12.0 Å². The van der Waals surface area contributed by atoms with E-state index in [9.17, 15) is 4.79 Å². The average Bonchev–Trinajstić information content (AvgIpc) is 3.15. The predicted octanol–water partition coefficient (Wildman–Crippen LogP) is 3.41. The van der Waals surface area contributed by atoms with Crippen molar-refractivity contribution in [3.05, 3.63) is 77.8 Å². The Morgan fingerprint density at radius 3 is 2.46 bits per heavy atom. The lowest BCUT2D eigenvalue weighted by atomic mass is 9.94. The molecule has 4 rings (SSSR count). The summed E-state index contributed by atoms with van der Waals surface area (Å²) in [5.41, 5.74) is 4.44. The smallest absolute Gasteiger partial charge is 0.338 e. The standard InChI is InChI=1S/C20H18N4O2/c1-13-17(19(25)26-2)18(24-20(23-13)21-12-22-24)16-10-8-15(9-11-16)14-6-4-3-5-7-14/h3-12,18H,1-2H3,(H,21,22,23)/t18-/m1/s1. The highest BCUT2D eigenvalue weighted by Gasteiger charge is 2.33. The third-order valence-corrected chi connectivity index (χ3v) is 4.53. The molecule has 1 aliphatic rings. The van der Waals surface area contributed by atoms with E-state index in [2.05, 4.69) is 27.5 Å². The van der Waals surface area contributed by atoms with Gasteiger partial charge in [-0.25, -0.2) is 9.48 Å². The molecular weight excluding hydrogens is 328 g/mol. The molecule has 0 radical (unpaired) electrons. The van der Waals surface area contributed by atoms with Crippen molar-refractivity contribution in [2.45, 2.75) is 13.0 Å². The number of ether oxygens (including phenoxy) is 1. The number of carbonyl (C=O) groups excluding carboxylic acids is 1. The summed E-state index contributed by atoms with van der Waals surface area (Å²) < 4.78 is 6.70. The van der Waals surface area contributed by atoms with Gasteiger partial charge in [-0.3, -0.25) is 0 Å². The van der Waals surface area contributed by atoms with Gasteiger partial charge in [0.05, 0.1) is 12.7 Å². The SMILES string of the molecule is COC(=O)C1=C(C)Nc2ncnn2[C@@H]1c1ccc(-c2ccccc2)cc1. The van der Waals surface area contributed by atoms with Crippen molar-refractivity contribution in [3.8, 4) is 11.1 Å². The zero-order chi connectivity index (χ0) is 18.1. The van der Waals surface area contributed by atoms with Crippen molar-refractivity contribution in [2.75, 3.05) is 12.4 Å². The second-order valence-electron chi connectivity index (χ2n) is 6.07. The van der Waals surface area contributed by atoms with E-state index in [0.717, 1.165) is 22.4 Å². The number of methoxy groups -OCH3 is 1. The molecule has 0 amide bonds. The summed E-state index contributed by atoms with van der Waals surface area (Å²) in [5.74, 6) is 0.223. The fourth-order valence-electron chi connectivity index (χ4n) is 3.26. The summed E-state index contributed by atoms with van der Waals surface area (Å²) in [7, 11) is 1.38. The minimum Gasteiger partial charge on any atom is -0.466 e. The first kappa shape index (κ1) is 16.1. The summed E-state index contributed by atoms with van der Waals surface area (Å²) >= 11 is 0. The average molecular weight is 346 g/mol. The molecule has 1 N–H and O–H groups in total. The topological polar surface area (TPSA) is 69.0 Å². The minimum absolute atomic E-state index is 0.381. The number of fused-ring (bicyclic) bond motifs is 1. The minimum atomic E-state index is -0.383. The number of anilines is 1. The molecule has 0 saturated heterocycles. The number of allylic oxidation sites excluding steroid dienone is 1. The van der Waals surface area contributed by atoms with Gasteiger partial charge in [-0.15, -0.1) is 0 Å². The normalized spacial score (nSPS) is 16.0. The molecule has 1 atom stereocenters. The van der Waals surface area contributed by atoms with Gasteiger partial charge in [-0.05, 0) is 23.6 Å². The zero-order valence-corrected chi connectivity index (χ0v) is 14.5. The number of nitrogens with zero attached hydrogens (tertiary/aromatic N) is 3. The fraction of sp³-hybridized carbons (Fsp3) is 0.150. The number of hydrogen-bond acceptors (Lipinski definition) is 5. The molecule has 0 unspecified atom stereocenters. The lowest BCUT2D eigenvalue weighted by molar-refractivity contribution is -0.136. The first-order valence-electron chi connectivity index (χ1n) is 8.30. The van der Waals surface area contributed by atoms with Gasteiger partial charge in [-0.2, -0.15) is 10.1 Å². The van der Waals surface area contributed by atoms with E-state index >= 15 is 0 Å². The lowest BCUT2D eigenvalue weighted by Crippen LogP contribution is -2.29. The Morgan fingerprint density at radius 1 is 1.08 bits per heavy atom. The maximum Gasteiger partial charge on any atom is 0.338 e. The number of carbonyl (C=O) groups is 1. The largest absolute Gasteiger partial charge is 0.466 e. The van der Waals surface area contributed by atoms with Gasteiger partial charge in [0, 0.05) is 5.70 Å². The van der Waals surface area contributed by atoms with Crippen LogP contribution in [0.25, 0.3) is 11.1 Å². The Hall–Kier alpha value is -3.41. The molecule has 6 heteroatoms. The van der Waals surface area contributed by atoms with Crippen LogP contribution in [0.5, 0.6) is 0 Å². The van der Waals surface area contributed by atoms with Crippen LogP contribution >= 0.6 is 0 Å². The van der Waals surface area contributed by atoms with Gasteiger partial charge in [0.25, 0.3) is 0 Å². The van der Waals surface area contributed by atoms with Gasteiger partial charge in [0.15, 0.2) is 0 Å². The maximum absolute atomic E-state index is 12.4. The molecule has 0 aliphatic carbocycles. The highest BCUT2D eigenvalue weighted by molar-refractivity contribution is 5.92. The summed E-state index contributed by atoms with van der Waals surface area (Å²) in [4.78, 5) is 16.6. The zero-order valence-electron chi connectivity index (χ0n) is 14.5. The van der Waals surface area contributed by atoms with E-state index in [0.29, 0.717) is 11.5 Å². The molecule has 0 saturated carbocycles. The van der Waals surface area contributed by atoms with E-state index in [1.165, 1.54) is 13.4 Å². The van der Waals surface area contributed by atoms with Crippen molar-refractivity contribution in [1.29, 1.82) is 0 Å². The molecule has 3 aromatic rings. The fourth-order valence-corrected chi connectivity index (χ4v) is 3.26. The van der Waals surface area contributed by atoms with Crippen molar-refractivity contribution >= 4 is 11.9 Å². The van der Waals surface area contributed by atoms with Crippen LogP contribution < -0.4 is 5.32 Å². The quantitative estimate of drug-likeness (QED) is 0.736. The van der Waals surface area contributed by atoms with E-state index in [1.54, 1.807) is 4.68 Å². The molecule has 2 aromatic carbocycles. The van der Waals surface area contributed by atoms with Crippen LogP contribution in [0.1, 0.15) is 18.5 Å². The number of benzene rings is 2. The van der Waals surface area contributed by atoms with Gasteiger partial charge < -0.3 is 10.1 Å². The molecule has 0 bridgehead atoms. The summed E-state index contributed by atoms with van der Waals surface area (Å²) in [6, 6.07) is 17.9. The van der Waals surface area contributed by atoms with E-state index in [1.807, 2.05) is 49.4 Å². The Balaban J connectivity index is 1.79. The molecule has 0 fully saturated rings. The van der Waals surface area contributed by atoms with Crippen molar-refractivity contribution in [3.63, 3.8) is 0 Å². The monoisotopic (exact) mass is 346 g/mol. The Kier molecular flexibility index (Phi) is 4.01. The summed E-state index contributed by atoms with van der Waals surface area (Å²) in [6.45, 7) is 1.84. The lowest BCUT2D eigenvalue weighted by Gasteiger charge is -2.28. The second kappa shape index (κ2) is 6.48. The van der Waals surface area contributed by atoms with E-state index < -0.39 is 0 Å². The van der Waals surface area contributed by atoms with Gasteiger partial charge in [0.1, 0.15) is 12.4 Å². The molecular formula is C20H18N4O2. The number of hydrogen-bond donors (Lipinski definition) is 1. The third kappa shape index (κ3) is 2.65. The number of aromatic nitrogens is 3. The maximum atomic E-state index is 12.4. The van der Waals surface area contributed by atoms with E-state index in [4.69, 9.17) is 4.74 Å².